The molecule has 3 heteroatoms. The highest BCUT2D eigenvalue weighted by Crippen LogP contribution is 2.52. The first kappa shape index (κ1) is 35.5. The fourth-order valence-electron chi connectivity index (χ4n) is 10.6. The van der Waals surface area contributed by atoms with Gasteiger partial charge in [-0.05, 0) is 160 Å². The third-order valence-corrected chi connectivity index (χ3v) is 14.2. The summed E-state index contributed by atoms with van der Waals surface area (Å²) >= 11 is 0. The van der Waals surface area contributed by atoms with Gasteiger partial charge in [0.1, 0.15) is 0 Å². The fourth-order valence-corrected chi connectivity index (χ4v) is 10.6. The minimum atomic E-state index is 0.108. The number of unbranched alkanes of at least 4 members (excludes halogenated alkanes) is 1. The summed E-state index contributed by atoms with van der Waals surface area (Å²) in [5.74, 6) is 0. The number of aryl methyl sites for hydroxylation is 2. The molecule has 0 spiro atoms. The van der Waals surface area contributed by atoms with Gasteiger partial charge in [-0.3, -0.25) is 0 Å². The van der Waals surface area contributed by atoms with Crippen LogP contribution in [0.3, 0.4) is 0 Å². The van der Waals surface area contributed by atoms with Gasteiger partial charge in [0.05, 0.1) is 0 Å². The number of fused-ring (bicyclic) bond motifs is 6. The van der Waals surface area contributed by atoms with Gasteiger partial charge in [-0.2, -0.15) is 0 Å². The van der Waals surface area contributed by atoms with Crippen molar-refractivity contribution in [1.82, 2.24) is 0 Å². The highest BCUT2D eigenvalue weighted by molar-refractivity contribution is 7.00. The molecule has 0 bridgehead atoms. The van der Waals surface area contributed by atoms with E-state index in [2.05, 4.69) is 170 Å². The van der Waals surface area contributed by atoms with Crippen molar-refractivity contribution in [3.63, 3.8) is 0 Å². The molecule has 0 aromatic heterocycles. The van der Waals surface area contributed by atoms with Crippen molar-refractivity contribution in [3.05, 3.63) is 124 Å². The molecule has 0 fully saturated rings. The average Bonchev–Trinajstić information content (AvgIpc) is 3.14. The summed E-state index contributed by atoms with van der Waals surface area (Å²) < 4.78 is 0. The standard InChI is InChI=1S/C51H59BN2/c1-11-12-14-34-18-20-35(21-19-34)53-43-24-17-33(2)29-41(43)52-42-31-39-40(51(9,10)28-27-50(39,7)8)32-46(42)54(45-16-13-15-44(53)47(45)52)36-22-23-37-38(30-36)49(5,6)26-25-48(37,3)4/h13,15-24,29-32H,11-12,14,25-28H2,1-10H3. The molecule has 5 aromatic carbocycles. The van der Waals surface area contributed by atoms with Crippen molar-refractivity contribution >= 4 is 57.2 Å². The Kier molecular flexibility index (Phi) is 7.97. The normalized spacial score (nSPS) is 19.3. The summed E-state index contributed by atoms with van der Waals surface area (Å²) in [5, 5.41) is 0. The summed E-state index contributed by atoms with van der Waals surface area (Å²) in [4.78, 5) is 5.22. The Hall–Kier alpha value is -4.24. The summed E-state index contributed by atoms with van der Waals surface area (Å²) in [6.45, 7) is 24.4. The van der Waals surface area contributed by atoms with Crippen LogP contribution in [0.5, 0.6) is 0 Å². The van der Waals surface area contributed by atoms with Gasteiger partial charge in [-0.15, -0.1) is 0 Å². The molecule has 54 heavy (non-hydrogen) atoms. The maximum atomic E-state index is 2.67. The number of hydrogen-bond acceptors (Lipinski definition) is 2. The zero-order chi connectivity index (χ0) is 37.9. The van der Waals surface area contributed by atoms with Crippen LogP contribution in [-0.4, -0.2) is 6.71 Å². The van der Waals surface area contributed by atoms with E-state index in [0.717, 1.165) is 6.42 Å². The monoisotopic (exact) mass is 710 g/mol. The number of anilines is 6. The van der Waals surface area contributed by atoms with Gasteiger partial charge < -0.3 is 9.80 Å². The van der Waals surface area contributed by atoms with Gasteiger partial charge in [0.25, 0.3) is 6.71 Å². The number of hydrogen-bond donors (Lipinski definition) is 0. The van der Waals surface area contributed by atoms with E-state index in [1.807, 2.05) is 0 Å². The second-order valence-corrected chi connectivity index (χ2v) is 19.9. The first-order valence-corrected chi connectivity index (χ1v) is 20.9. The van der Waals surface area contributed by atoms with Crippen LogP contribution in [-0.2, 0) is 28.1 Å². The quantitative estimate of drug-likeness (QED) is 0.164. The molecular formula is C51H59BN2. The average molecular weight is 711 g/mol. The van der Waals surface area contributed by atoms with E-state index in [1.54, 1.807) is 0 Å². The van der Waals surface area contributed by atoms with Crippen molar-refractivity contribution in [2.24, 2.45) is 0 Å². The van der Waals surface area contributed by atoms with Gasteiger partial charge in [0, 0.05) is 34.1 Å². The zero-order valence-electron chi connectivity index (χ0n) is 34.6. The van der Waals surface area contributed by atoms with Crippen LogP contribution in [0.1, 0.15) is 134 Å². The molecule has 9 rings (SSSR count). The van der Waals surface area contributed by atoms with E-state index < -0.39 is 0 Å². The third kappa shape index (κ3) is 5.35. The third-order valence-electron chi connectivity index (χ3n) is 14.2. The Morgan fingerprint density at radius 1 is 0.519 bits per heavy atom. The first-order valence-electron chi connectivity index (χ1n) is 20.9. The highest BCUT2D eigenvalue weighted by Gasteiger charge is 2.47. The van der Waals surface area contributed by atoms with E-state index in [0.29, 0.717) is 0 Å². The lowest BCUT2D eigenvalue weighted by Crippen LogP contribution is -2.61. The Bertz CT molecular complexity index is 2310. The van der Waals surface area contributed by atoms with E-state index in [-0.39, 0.29) is 28.4 Å². The van der Waals surface area contributed by atoms with Crippen LogP contribution in [0, 0.1) is 6.92 Å². The molecule has 0 radical (unpaired) electrons. The van der Waals surface area contributed by atoms with E-state index >= 15 is 0 Å². The van der Waals surface area contributed by atoms with E-state index in [1.165, 1.54) is 122 Å². The van der Waals surface area contributed by atoms with E-state index in [4.69, 9.17) is 0 Å². The van der Waals surface area contributed by atoms with Crippen molar-refractivity contribution < 1.29 is 0 Å². The maximum Gasteiger partial charge on any atom is 0.252 e. The number of nitrogens with zero attached hydrogens (tertiary/aromatic N) is 2. The van der Waals surface area contributed by atoms with Gasteiger partial charge in [0.2, 0.25) is 0 Å². The van der Waals surface area contributed by atoms with Gasteiger partial charge in [-0.1, -0.05) is 117 Å². The largest absolute Gasteiger partial charge is 0.311 e. The van der Waals surface area contributed by atoms with Gasteiger partial charge in [0.15, 0.2) is 0 Å². The molecular weight excluding hydrogens is 651 g/mol. The second-order valence-electron chi connectivity index (χ2n) is 19.9. The summed E-state index contributed by atoms with van der Waals surface area (Å²) in [5.41, 5.74) is 21.4. The van der Waals surface area contributed by atoms with Gasteiger partial charge in [-0.25, -0.2) is 0 Å². The molecule has 0 atom stereocenters. The summed E-state index contributed by atoms with van der Waals surface area (Å²) in [6.07, 6.45) is 8.40. The second kappa shape index (κ2) is 12.1. The number of benzene rings is 5. The highest BCUT2D eigenvalue weighted by atomic mass is 15.2. The fraction of sp³-hybridized carbons (Fsp3) is 0.412. The lowest BCUT2D eigenvalue weighted by Gasteiger charge is -2.48. The van der Waals surface area contributed by atoms with Crippen molar-refractivity contribution in [3.8, 4) is 0 Å². The number of rotatable bonds is 5. The molecule has 276 valence electrons. The maximum absolute atomic E-state index is 2.67. The van der Waals surface area contributed by atoms with Crippen LogP contribution < -0.4 is 26.2 Å². The Labute approximate surface area is 326 Å². The molecule has 0 N–H and O–H groups in total. The minimum Gasteiger partial charge on any atom is -0.311 e. The molecule has 2 aliphatic heterocycles. The Balaban J connectivity index is 1.34. The van der Waals surface area contributed by atoms with Crippen LogP contribution >= 0.6 is 0 Å². The van der Waals surface area contributed by atoms with Crippen molar-refractivity contribution in [2.75, 3.05) is 9.80 Å². The van der Waals surface area contributed by atoms with Gasteiger partial charge >= 0.3 is 0 Å². The molecule has 2 nitrogen and oxygen atoms in total. The summed E-state index contributed by atoms with van der Waals surface area (Å²) in [6, 6.07) is 36.5. The lowest BCUT2D eigenvalue weighted by molar-refractivity contribution is 0.332. The molecule has 2 heterocycles. The van der Waals surface area contributed by atoms with Crippen LogP contribution in [0.25, 0.3) is 0 Å². The molecule has 2 aliphatic carbocycles. The molecule has 0 saturated heterocycles. The minimum absolute atomic E-state index is 0.108. The smallest absolute Gasteiger partial charge is 0.252 e. The first-order chi connectivity index (χ1) is 25.6. The SMILES string of the molecule is CCCCc1ccc(N2c3ccc(C)cc3B3c4cc5c(cc4N(c4ccc6c(c4)C(C)(C)CCC6(C)C)c4cccc2c43)C(C)(C)CCC5(C)C)cc1. The Morgan fingerprint density at radius 3 is 1.69 bits per heavy atom. The van der Waals surface area contributed by atoms with Crippen LogP contribution in [0.4, 0.5) is 34.1 Å². The molecule has 4 aliphatic rings. The van der Waals surface area contributed by atoms with Crippen molar-refractivity contribution in [1.29, 1.82) is 0 Å². The molecule has 0 saturated carbocycles. The molecule has 5 aromatic rings. The predicted molar refractivity (Wildman–Crippen MR) is 234 cm³/mol. The predicted octanol–water partition coefficient (Wildman–Crippen LogP) is 12.1. The Morgan fingerprint density at radius 2 is 1.06 bits per heavy atom. The topological polar surface area (TPSA) is 6.48 Å². The van der Waals surface area contributed by atoms with Crippen LogP contribution in [0.15, 0.2) is 91.0 Å². The zero-order valence-corrected chi connectivity index (χ0v) is 34.6. The van der Waals surface area contributed by atoms with E-state index in [9.17, 15) is 0 Å². The lowest BCUT2D eigenvalue weighted by atomic mass is 9.33. The van der Waals surface area contributed by atoms with Crippen LogP contribution in [0.2, 0.25) is 0 Å². The molecule has 0 unspecified atom stereocenters. The van der Waals surface area contributed by atoms with Crippen molar-refractivity contribution in [2.45, 2.75) is 136 Å². The summed E-state index contributed by atoms with van der Waals surface area (Å²) in [7, 11) is 0. The molecule has 0 amide bonds.